The van der Waals surface area contributed by atoms with Gasteiger partial charge >= 0.3 is 0 Å². The first-order chi connectivity index (χ1) is 17.6. The average molecular weight is 553 g/mol. The maximum absolute atomic E-state index is 15.2. The molecule has 0 aliphatic heterocycles. The Kier molecular flexibility index (Phi) is 9.47. The molecule has 5 aromatic rings. The van der Waals surface area contributed by atoms with Gasteiger partial charge in [-0.1, -0.05) is 60.7 Å². The number of H-pyrrole nitrogens is 1. The normalized spacial score (nSPS) is 11.4. The lowest BCUT2D eigenvalue weighted by Crippen LogP contribution is -2.41. The van der Waals surface area contributed by atoms with Gasteiger partial charge in [0.1, 0.15) is 11.3 Å². The van der Waals surface area contributed by atoms with Gasteiger partial charge in [0.15, 0.2) is 0 Å². The largest absolute Gasteiger partial charge is 0.479 e. The van der Waals surface area contributed by atoms with E-state index in [4.69, 9.17) is 10.5 Å². The molecule has 5 rings (SSSR count). The van der Waals surface area contributed by atoms with E-state index in [-0.39, 0.29) is 30.7 Å². The number of fused-ring (bicyclic) bond motifs is 1. The number of amides is 1. The number of ether oxygens (including phenoxy) is 1. The molecule has 0 saturated carbocycles. The van der Waals surface area contributed by atoms with Gasteiger partial charge in [-0.3, -0.25) is 4.79 Å². The van der Waals surface area contributed by atoms with Crippen molar-refractivity contribution < 1.29 is 13.9 Å². The number of hydrogen-bond donors (Lipinski definition) is 3. The van der Waals surface area contributed by atoms with Crippen molar-refractivity contribution in [1.82, 2.24) is 9.97 Å². The van der Waals surface area contributed by atoms with Crippen LogP contribution in [-0.2, 0) is 4.79 Å². The lowest BCUT2D eigenvalue weighted by molar-refractivity contribution is -0.117. The Morgan fingerprint density at radius 1 is 0.947 bits per heavy atom. The molecule has 4 N–H and O–H groups in total. The number of methoxy groups -OCH3 is 1. The molecule has 1 atom stereocenters. The van der Waals surface area contributed by atoms with Crippen LogP contribution in [0.4, 0.5) is 10.1 Å². The molecule has 2 heterocycles. The van der Waals surface area contributed by atoms with Gasteiger partial charge in [0.2, 0.25) is 11.8 Å². The maximum atomic E-state index is 15.2. The highest BCUT2D eigenvalue weighted by Gasteiger charge is 2.28. The number of carbonyl (C=O) groups excluding carboxylic acids is 1. The predicted octanol–water partition coefficient (Wildman–Crippen LogP) is 6.32. The highest BCUT2D eigenvalue weighted by atomic mass is 35.5. The van der Waals surface area contributed by atoms with E-state index in [1.807, 2.05) is 66.7 Å². The van der Waals surface area contributed by atoms with Gasteiger partial charge in [-0.25, -0.2) is 9.37 Å². The topological polar surface area (TPSA) is 93.0 Å². The number of nitrogens with two attached hydrogens (primary N) is 1. The Bertz CT molecular complexity index is 1470. The summed E-state index contributed by atoms with van der Waals surface area (Å²) in [6.45, 7) is 0. The molecule has 0 unspecified atom stereocenters. The first-order valence-electron chi connectivity index (χ1n) is 11.5. The summed E-state index contributed by atoms with van der Waals surface area (Å²) < 4.78 is 20.5. The van der Waals surface area contributed by atoms with Crippen LogP contribution in [0.2, 0.25) is 0 Å². The van der Waals surface area contributed by atoms with E-state index in [1.54, 1.807) is 24.5 Å². The molecule has 0 saturated heterocycles. The fourth-order valence-corrected chi connectivity index (χ4v) is 4.51. The third kappa shape index (κ3) is 5.65. The fourth-order valence-electron chi connectivity index (χ4n) is 4.51. The molecule has 0 spiro atoms. The minimum absolute atomic E-state index is 0. The van der Waals surface area contributed by atoms with Crippen LogP contribution in [-0.4, -0.2) is 29.0 Å². The van der Waals surface area contributed by atoms with Crippen LogP contribution in [0, 0.1) is 5.82 Å². The third-order valence-corrected chi connectivity index (χ3v) is 6.26. The Balaban J connectivity index is 0.00000200. The Morgan fingerprint density at radius 2 is 1.58 bits per heavy atom. The van der Waals surface area contributed by atoms with E-state index < -0.39 is 17.8 Å². The van der Waals surface area contributed by atoms with Crippen LogP contribution in [0.15, 0.2) is 97.3 Å². The van der Waals surface area contributed by atoms with Gasteiger partial charge in [0.25, 0.3) is 0 Å². The number of anilines is 1. The molecule has 0 radical (unpaired) electrons. The average Bonchev–Trinajstić information content (AvgIpc) is 3.40. The molecular formula is C29H27Cl2FN4O2. The Hall–Kier alpha value is -3.91. The van der Waals surface area contributed by atoms with Gasteiger partial charge in [0, 0.05) is 40.5 Å². The minimum Gasteiger partial charge on any atom is -0.479 e. The van der Waals surface area contributed by atoms with Crippen LogP contribution in [0.3, 0.4) is 0 Å². The summed E-state index contributed by atoms with van der Waals surface area (Å²) in [5.74, 6) is -0.815. The van der Waals surface area contributed by atoms with Crippen LogP contribution in [0.25, 0.3) is 22.0 Å². The predicted molar refractivity (Wildman–Crippen MR) is 154 cm³/mol. The minimum atomic E-state index is -0.886. The van der Waals surface area contributed by atoms with Crippen molar-refractivity contribution >= 4 is 47.3 Å². The second kappa shape index (κ2) is 12.6. The molecule has 2 aromatic heterocycles. The van der Waals surface area contributed by atoms with Crippen LogP contribution >= 0.6 is 24.8 Å². The van der Waals surface area contributed by atoms with E-state index in [9.17, 15) is 4.79 Å². The maximum Gasteiger partial charge on any atom is 0.242 e. The molecule has 38 heavy (non-hydrogen) atoms. The monoisotopic (exact) mass is 552 g/mol. The number of pyridine rings is 1. The van der Waals surface area contributed by atoms with Crippen molar-refractivity contribution in [2.45, 2.75) is 12.0 Å². The second-order valence-corrected chi connectivity index (χ2v) is 8.46. The SMILES string of the molecule is COc1ncc(-c2ccc(NC(=O)[C@@H](N)C(c3ccccc3)c3ccccc3)cc2F)c2cc[nH]c12.Cl.Cl. The molecule has 3 aromatic carbocycles. The summed E-state index contributed by atoms with van der Waals surface area (Å²) in [6.07, 6.45) is 3.33. The Labute approximate surface area is 232 Å². The van der Waals surface area contributed by atoms with Crippen LogP contribution < -0.4 is 15.8 Å². The number of hydrogen-bond acceptors (Lipinski definition) is 4. The van der Waals surface area contributed by atoms with E-state index in [1.165, 1.54) is 13.2 Å². The van der Waals surface area contributed by atoms with Crippen molar-refractivity contribution in [2.24, 2.45) is 5.73 Å². The highest BCUT2D eigenvalue weighted by Crippen LogP contribution is 2.34. The second-order valence-electron chi connectivity index (χ2n) is 8.46. The first kappa shape index (κ1) is 28.7. The fraction of sp³-hybridized carbons (Fsp3) is 0.103. The summed E-state index contributed by atoms with van der Waals surface area (Å²) in [7, 11) is 1.53. The molecule has 0 aliphatic rings. The molecular weight excluding hydrogens is 526 g/mol. The van der Waals surface area contributed by atoms with Gasteiger partial charge < -0.3 is 20.8 Å². The lowest BCUT2D eigenvalue weighted by atomic mass is 9.85. The summed E-state index contributed by atoms with van der Waals surface area (Å²) in [5, 5.41) is 3.57. The van der Waals surface area contributed by atoms with Gasteiger partial charge in [-0.2, -0.15) is 0 Å². The number of aromatic amines is 1. The lowest BCUT2D eigenvalue weighted by Gasteiger charge is -2.24. The summed E-state index contributed by atoms with van der Waals surface area (Å²) >= 11 is 0. The van der Waals surface area contributed by atoms with Crippen molar-refractivity contribution in [1.29, 1.82) is 0 Å². The van der Waals surface area contributed by atoms with Crippen molar-refractivity contribution in [2.75, 3.05) is 12.4 Å². The van der Waals surface area contributed by atoms with E-state index in [0.717, 1.165) is 16.5 Å². The van der Waals surface area contributed by atoms with Gasteiger partial charge in [-0.05, 0) is 35.4 Å². The number of carbonyl (C=O) groups is 1. The molecule has 9 heteroatoms. The standard InChI is InChI=1S/C29H25FN4O2.2ClH/c1-36-29-27-22(14-15-32-27)23(17-33-29)21-13-12-20(16-24(21)30)34-28(35)26(31)25(18-8-4-2-5-9-18)19-10-6-3-7-11-19;;/h2-17,25-26,32H,31H2,1H3,(H,34,35);2*1H/t26-;;/m0../s1. The van der Waals surface area contributed by atoms with Gasteiger partial charge in [0.05, 0.1) is 13.2 Å². The van der Waals surface area contributed by atoms with E-state index in [2.05, 4.69) is 15.3 Å². The van der Waals surface area contributed by atoms with Crippen LogP contribution in [0.5, 0.6) is 5.88 Å². The zero-order valence-corrected chi connectivity index (χ0v) is 22.1. The highest BCUT2D eigenvalue weighted by molar-refractivity contribution is 5.98. The third-order valence-electron chi connectivity index (χ3n) is 6.26. The Morgan fingerprint density at radius 3 is 2.16 bits per heavy atom. The number of aromatic nitrogens is 2. The first-order valence-corrected chi connectivity index (χ1v) is 11.5. The number of benzene rings is 3. The van der Waals surface area contributed by atoms with Crippen LogP contribution in [0.1, 0.15) is 17.0 Å². The number of halogens is 3. The molecule has 6 nitrogen and oxygen atoms in total. The van der Waals surface area contributed by atoms with Crippen molar-refractivity contribution in [3.8, 4) is 17.0 Å². The number of rotatable bonds is 7. The molecule has 196 valence electrons. The molecule has 0 fully saturated rings. The van der Waals surface area contributed by atoms with E-state index >= 15 is 4.39 Å². The molecule has 0 aliphatic carbocycles. The summed E-state index contributed by atoms with van der Waals surface area (Å²) in [5.41, 5.74) is 10.3. The zero-order valence-electron chi connectivity index (χ0n) is 20.4. The quantitative estimate of drug-likeness (QED) is 0.220. The van der Waals surface area contributed by atoms with Crippen molar-refractivity contribution in [3.05, 3.63) is 114 Å². The smallest absolute Gasteiger partial charge is 0.242 e. The molecule has 0 bridgehead atoms. The summed E-state index contributed by atoms with van der Waals surface area (Å²) in [4.78, 5) is 20.5. The zero-order chi connectivity index (χ0) is 25.1. The van der Waals surface area contributed by atoms with Crippen molar-refractivity contribution in [3.63, 3.8) is 0 Å². The summed E-state index contributed by atoms with van der Waals surface area (Å²) in [6, 6.07) is 24.8. The number of nitrogens with one attached hydrogen (secondary N) is 2. The molecule has 1 amide bonds. The van der Waals surface area contributed by atoms with Gasteiger partial charge in [-0.15, -0.1) is 24.8 Å². The van der Waals surface area contributed by atoms with E-state index in [0.29, 0.717) is 28.2 Å². The number of nitrogens with zero attached hydrogens (tertiary/aromatic N) is 1.